The monoisotopic (exact) mass is 362 g/mol. The van der Waals surface area contributed by atoms with E-state index in [0.29, 0.717) is 25.4 Å². The minimum atomic E-state index is -0.528. The summed E-state index contributed by atoms with van der Waals surface area (Å²) >= 11 is 5.72. The Kier molecular flexibility index (Phi) is 4.13. The average Bonchev–Trinajstić information content (AvgIpc) is 3.23. The highest BCUT2D eigenvalue weighted by atomic mass is 35.5. The molecule has 0 saturated heterocycles. The summed E-state index contributed by atoms with van der Waals surface area (Å²) in [5.41, 5.74) is 3.59. The minimum absolute atomic E-state index is 0.0398. The number of nitrogens with one attached hydrogen (secondary N) is 2. The number of anilines is 1. The molecular formula is C18H16ClFN2O3. The van der Waals surface area contributed by atoms with Crippen molar-refractivity contribution in [1.82, 2.24) is 5.32 Å². The number of urea groups is 1. The summed E-state index contributed by atoms with van der Waals surface area (Å²) in [5.74, 6) is 1.21. The maximum absolute atomic E-state index is 13.2. The van der Waals surface area contributed by atoms with E-state index in [1.807, 2.05) is 6.07 Å². The lowest BCUT2D eigenvalue weighted by Gasteiger charge is -2.14. The summed E-state index contributed by atoms with van der Waals surface area (Å²) in [6.07, 6.45) is 1.65. The van der Waals surface area contributed by atoms with Gasteiger partial charge in [-0.25, -0.2) is 9.18 Å². The third-order valence-electron chi connectivity index (χ3n) is 4.36. The zero-order chi connectivity index (χ0) is 17.4. The van der Waals surface area contributed by atoms with Gasteiger partial charge in [-0.2, -0.15) is 0 Å². The van der Waals surface area contributed by atoms with Crippen LogP contribution in [0.1, 0.15) is 16.7 Å². The zero-order valence-electron chi connectivity index (χ0n) is 13.3. The van der Waals surface area contributed by atoms with Crippen LogP contribution < -0.4 is 20.1 Å². The predicted molar refractivity (Wildman–Crippen MR) is 92.1 cm³/mol. The molecule has 0 spiro atoms. The van der Waals surface area contributed by atoms with Crippen LogP contribution in [0, 0.1) is 5.82 Å². The average molecular weight is 363 g/mol. The number of carbonyl (C=O) groups is 1. The van der Waals surface area contributed by atoms with Crippen LogP contribution in [-0.2, 0) is 19.4 Å². The largest absolute Gasteiger partial charge is 0.493 e. The summed E-state index contributed by atoms with van der Waals surface area (Å²) in [5, 5.41) is 5.42. The first kappa shape index (κ1) is 16.0. The van der Waals surface area contributed by atoms with Gasteiger partial charge in [0.15, 0.2) is 0 Å². The second kappa shape index (κ2) is 6.44. The number of halogens is 2. The van der Waals surface area contributed by atoms with Crippen molar-refractivity contribution in [3.8, 4) is 11.5 Å². The van der Waals surface area contributed by atoms with Gasteiger partial charge in [-0.3, -0.25) is 0 Å². The molecule has 2 aromatic rings. The normalized spacial score (nSPS) is 14.3. The van der Waals surface area contributed by atoms with E-state index in [4.69, 9.17) is 21.1 Å². The van der Waals surface area contributed by atoms with E-state index >= 15 is 0 Å². The SMILES string of the molecule is O=C(NCc1c2c(cc3c1OCC3)OCC2)Nc1ccc(F)c(Cl)c1. The Morgan fingerprint density at radius 2 is 2.04 bits per heavy atom. The second-order valence-corrected chi connectivity index (χ2v) is 6.36. The third kappa shape index (κ3) is 3.09. The van der Waals surface area contributed by atoms with Crippen molar-refractivity contribution >= 4 is 23.3 Å². The van der Waals surface area contributed by atoms with Crippen LogP contribution in [0.25, 0.3) is 0 Å². The summed E-state index contributed by atoms with van der Waals surface area (Å²) in [6, 6.07) is 5.67. The zero-order valence-corrected chi connectivity index (χ0v) is 14.1. The lowest BCUT2D eigenvalue weighted by atomic mass is 9.99. The summed E-state index contributed by atoms with van der Waals surface area (Å²) in [6.45, 7) is 1.62. The Labute approximate surface area is 149 Å². The Hall–Kier alpha value is -2.47. The molecule has 0 aromatic heterocycles. The molecule has 130 valence electrons. The third-order valence-corrected chi connectivity index (χ3v) is 4.65. The van der Waals surface area contributed by atoms with Crippen molar-refractivity contribution in [2.75, 3.05) is 18.5 Å². The smallest absolute Gasteiger partial charge is 0.319 e. The molecule has 0 atom stereocenters. The van der Waals surface area contributed by atoms with Crippen LogP contribution in [-0.4, -0.2) is 19.2 Å². The summed E-state index contributed by atoms with van der Waals surface area (Å²) in [4.78, 5) is 12.2. The molecule has 2 aliphatic rings. The maximum Gasteiger partial charge on any atom is 0.319 e. The maximum atomic E-state index is 13.2. The summed E-state index contributed by atoms with van der Waals surface area (Å²) < 4.78 is 24.6. The van der Waals surface area contributed by atoms with Crippen LogP contribution >= 0.6 is 11.6 Å². The molecular weight excluding hydrogens is 347 g/mol. The molecule has 0 fully saturated rings. The van der Waals surface area contributed by atoms with Gasteiger partial charge in [0.05, 0.1) is 18.2 Å². The minimum Gasteiger partial charge on any atom is -0.493 e. The lowest BCUT2D eigenvalue weighted by molar-refractivity contribution is 0.251. The van der Waals surface area contributed by atoms with Crippen LogP contribution in [0.5, 0.6) is 11.5 Å². The number of fused-ring (bicyclic) bond motifs is 2. The van der Waals surface area contributed by atoms with Crippen molar-refractivity contribution in [1.29, 1.82) is 0 Å². The van der Waals surface area contributed by atoms with Crippen LogP contribution in [0.2, 0.25) is 5.02 Å². The first-order chi connectivity index (χ1) is 12.1. The van der Waals surface area contributed by atoms with Crippen LogP contribution in [0.3, 0.4) is 0 Å². The van der Waals surface area contributed by atoms with Gasteiger partial charge in [0.2, 0.25) is 0 Å². The fourth-order valence-corrected chi connectivity index (χ4v) is 3.37. The van der Waals surface area contributed by atoms with Gasteiger partial charge in [0.1, 0.15) is 17.3 Å². The molecule has 2 aliphatic heterocycles. The standard InChI is InChI=1S/C18H16ClFN2O3/c19-14-8-11(1-2-15(14)20)22-18(23)21-9-13-12-4-6-24-16(12)7-10-3-5-25-17(10)13/h1-2,7-8H,3-6,9H2,(H2,21,22,23). The van der Waals surface area contributed by atoms with Gasteiger partial charge in [-0.15, -0.1) is 0 Å². The molecule has 2 heterocycles. The van der Waals surface area contributed by atoms with E-state index in [-0.39, 0.29) is 5.02 Å². The lowest BCUT2D eigenvalue weighted by Crippen LogP contribution is -2.28. The fraction of sp³-hybridized carbons (Fsp3) is 0.278. The first-order valence-electron chi connectivity index (χ1n) is 8.05. The molecule has 7 heteroatoms. The van der Waals surface area contributed by atoms with Crippen molar-refractivity contribution in [3.05, 3.63) is 51.8 Å². The van der Waals surface area contributed by atoms with Crippen molar-refractivity contribution in [2.45, 2.75) is 19.4 Å². The number of benzene rings is 2. The molecule has 2 amide bonds. The van der Waals surface area contributed by atoms with Gasteiger partial charge >= 0.3 is 6.03 Å². The number of hydrogen-bond acceptors (Lipinski definition) is 3. The van der Waals surface area contributed by atoms with Crippen molar-refractivity contribution in [2.24, 2.45) is 0 Å². The van der Waals surface area contributed by atoms with E-state index in [9.17, 15) is 9.18 Å². The van der Waals surface area contributed by atoms with Gasteiger partial charge in [-0.1, -0.05) is 11.6 Å². The Balaban J connectivity index is 1.48. The molecule has 25 heavy (non-hydrogen) atoms. The summed E-state index contributed by atoms with van der Waals surface area (Å²) in [7, 11) is 0. The molecule has 2 N–H and O–H groups in total. The van der Waals surface area contributed by atoms with E-state index in [1.165, 1.54) is 18.2 Å². The van der Waals surface area contributed by atoms with E-state index in [2.05, 4.69) is 10.6 Å². The number of carbonyl (C=O) groups excluding carboxylic acids is 1. The van der Waals surface area contributed by atoms with Crippen LogP contribution in [0.15, 0.2) is 24.3 Å². The first-order valence-corrected chi connectivity index (χ1v) is 8.43. The van der Waals surface area contributed by atoms with E-state index < -0.39 is 11.8 Å². The van der Waals surface area contributed by atoms with Crippen molar-refractivity contribution in [3.63, 3.8) is 0 Å². The molecule has 0 unspecified atom stereocenters. The Bertz CT molecular complexity index is 824. The molecule has 0 bridgehead atoms. The van der Waals surface area contributed by atoms with Gasteiger partial charge in [-0.05, 0) is 24.3 Å². The molecule has 0 aliphatic carbocycles. The number of ether oxygens (including phenoxy) is 2. The van der Waals surface area contributed by atoms with E-state index in [0.717, 1.165) is 41.0 Å². The van der Waals surface area contributed by atoms with Crippen LogP contribution in [0.4, 0.5) is 14.9 Å². The molecule has 0 saturated carbocycles. The molecule has 5 nitrogen and oxygen atoms in total. The Morgan fingerprint density at radius 1 is 1.20 bits per heavy atom. The number of rotatable bonds is 3. The van der Waals surface area contributed by atoms with E-state index in [1.54, 1.807) is 0 Å². The highest BCUT2D eigenvalue weighted by Gasteiger charge is 2.26. The molecule has 0 radical (unpaired) electrons. The highest BCUT2D eigenvalue weighted by molar-refractivity contribution is 6.31. The highest BCUT2D eigenvalue weighted by Crippen LogP contribution is 2.40. The van der Waals surface area contributed by atoms with Gasteiger partial charge in [0, 0.05) is 41.8 Å². The predicted octanol–water partition coefficient (Wildman–Crippen LogP) is 3.67. The quantitative estimate of drug-likeness (QED) is 0.875. The topological polar surface area (TPSA) is 59.6 Å². The molecule has 2 aromatic carbocycles. The van der Waals surface area contributed by atoms with Gasteiger partial charge in [0.25, 0.3) is 0 Å². The number of amides is 2. The number of hydrogen-bond donors (Lipinski definition) is 2. The molecule has 4 rings (SSSR count). The Morgan fingerprint density at radius 3 is 2.88 bits per heavy atom. The second-order valence-electron chi connectivity index (χ2n) is 5.95. The fourth-order valence-electron chi connectivity index (χ4n) is 3.19. The van der Waals surface area contributed by atoms with Crippen molar-refractivity contribution < 1.29 is 18.7 Å². The van der Waals surface area contributed by atoms with Gasteiger partial charge < -0.3 is 20.1 Å².